The third-order valence-electron chi connectivity index (χ3n) is 6.06. The quantitative estimate of drug-likeness (QED) is 0.334. The molecular weight excluding hydrogens is 517 g/mol. The number of hydrogen-bond donors (Lipinski definition) is 3. The van der Waals surface area contributed by atoms with E-state index in [0.717, 1.165) is 0 Å². The molecule has 1 aromatic carbocycles. The minimum absolute atomic E-state index is 0.00912. The Hall–Kier alpha value is -2.81. The Bertz CT molecular complexity index is 1370. The number of carbonyl (C=O) groups excluding carboxylic acids is 1. The van der Waals surface area contributed by atoms with Crippen LogP contribution >= 0.6 is 11.6 Å². The van der Waals surface area contributed by atoms with E-state index in [-0.39, 0.29) is 42.3 Å². The highest BCUT2D eigenvalue weighted by atomic mass is 35.5. The van der Waals surface area contributed by atoms with E-state index >= 15 is 0 Å². The first-order valence-corrected chi connectivity index (χ1v) is 12.7. The first kappa shape index (κ1) is 26.3. The van der Waals surface area contributed by atoms with Gasteiger partial charge in [0.05, 0.1) is 41.6 Å². The Morgan fingerprint density at radius 3 is 2.72 bits per heavy atom. The second-order valence-electron chi connectivity index (χ2n) is 8.58. The molecule has 1 aliphatic carbocycles. The molecule has 0 saturated heterocycles. The van der Waals surface area contributed by atoms with Crippen LogP contribution in [0.5, 0.6) is 0 Å². The van der Waals surface area contributed by atoms with E-state index in [1.54, 1.807) is 12.3 Å². The molecule has 0 unspecified atom stereocenters. The lowest BCUT2D eigenvalue weighted by Gasteiger charge is -2.17. The van der Waals surface area contributed by atoms with Crippen molar-refractivity contribution in [1.82, 2.24) is 19.7 Å². The van der Waals surface area contributed by atoms with Gasteiger partial charge in [-0.2, -0.15) is 13.5 Å². The van der Waals surface area contributed by atoms with Crippen molar-refractivity contribution >= 4 is 27.7 Å². The van der Waals surface area contributed by atoms with Gasteiger partial charge < -0.3 is 10.2 Å². The van der Waals surface area contributed by atoms with Gasteiger partial charge in [0.15, 0.2) is 0 Å². The van der Waals surface area contributed by atoms with Gasteiger partial charge in [-0.1, -0.05) is 17.7 Å². The van der Waals surface area contributed by atoms with Gasteiger partial charge in [0, 0.05) is 18.3 Å². The van der Waals surface area contributed by atoms with Gasteiger partial charge in [-0.3, -0.25) is 13.7 Å². The summed E-state index contributed by atoms with van der Waals surface area (Å²) in [6, 6.07) is 5.90. The number of benzene rings is 1. The molecule has 0 amide bonds. The molecule has 36 heavy (non-hydrogen) atoms. The largest absolute Gasteiger partial charge is 0.390 e. The number of nitrogens with two attached hydrogens (primary N) is 1. The Balaban J connectivity index is 1.47. The van der Waals surface area contributed by atoms with Crippen LogP contribution in [-0.2, 0) is 27.5 Å². The van der Waals surface area contributed by atoms with Crippen LogP contribution in [0, 0.1) is 17.7 Å². The van der Waals surface area contributed by atoms with Crippen LogP contribution in [0.2, 0.25) is 5.02 Å². The van der Waals surface area contributed by atoms with E-state index in [2.05, 4.69) is 19.2 Å². The predicted molar refractivity (Wildman–Crippen MR) is 125 cm³/mol. The van der Waals surface area contributed by atoms with Crippen molar-refractivity contribution < 1.29 is 32.0 Å². The van der Waals surface area contributed by atoms with Crippen LogP contribution in [0.4, 0.5) is 4.39 Å². The zero-order chi connectivity index (χ0) is 26.0. The molecule has 0 spiro atoms. The molecule has 2 heterocycles. The van der Waals surface area contributed by atoms with E-state index in [4.69, 9.17) is 16.7 Å². The molecule has 0 radical (unpaired) electrons. The van der Waals surface area contributed by atoms with E-state index in [1.807, 2.05) is 0 Å². The van der Waals surface area contributed by atoms with Crippen molar-refractivity contribution in [3.63, 3.8) is 0 Å². The Kier molecular flexibility index (Phi) is 7.78. The summed E-state index contributed by atoms with van der Waals surface area (Å²) in [6.07, 6.45) is 2.12. The van der Waals surface area contributed by atoms with E-state index < -0.39 is 45.9 Å². The van der Waals surface area contributed by atoms with Crippen LogP contribution in [0.3, 0.4) is 0 Å². The number of ketones is 1. The molecule has 4 atom stereocenters. The van der Waals surface area contributed by atoms with Gasteiger partial charge in [-0.15, -0.1) is 0 Å². The summed E-state index contributed by atoms with van der Waals surface area (Å²) < 4.78 is 41.9. The van der Waals surface area contributed by atoms with Gasteiger partial charge >= 0.3 is 10.3 Å². The molecule has 2 aromatic heterocycles. The predicted octanol–water partition coefficient (Wildman–Crippen LogP) is 0.865. The first-order valence-electron chi connectivity index (χ1n) is 10.9. The van der Waals surface area contributed by atoms with Crippen molar-refractivity contribution in [1.29, 1.82) is 0 Å². The molecule has 3 aromatic rings. The molecule has 14 heteroatoms. The van der Waals surface area contributed by atoms with Crippen LogP contribution in [-0.4, -0.2) is 63.0 Å². The summed E-state index contributed by atoms with van der Waals surface area (Å²) >= 11 is 5.71. The third kappa shape index (κ3) is 6.11. The van der Waals surface area contributed by atoms with Gasteiger partial charge in [0.25, 0.3) is 0 Å². The minimum Gasteiger partial charge on any atom is -0.390 e. The maximum Gasteiger partial charge on any atom is 0.333 e. The highest BCUT2D eigenvalue weighted by molar-refractivity contribution is 7.84. The van der Waals surface area contributed by atoms with Crippen LogP contribution in [0.25, 0.3) is 0 Å². The number of aliphatic hydroxyl groups is 2. The summed E-state index contributed by atoms with van der Waals surface area (Å²) in [5, 5.41) is 29.9. The molecule has 1 saturated carbocycles. The SMILES string of the molecule is NS(=O)(=O)OC[C@H]1C[C@@H](Cc2ncncc2C(=O)c2ccn(Cc3ccc(Cl)c(F)c3)n2)[C@H](O)[C@@H]1O. The van der Waals surface area contributed by atoms with E-state index in [0.29, 0.717) is 11.3 Å². The lowest BCUT2D eigenvalue weighted by atomic mass is 9.95. The molecule has 1 fully saturated rings. The van der Waals surface area contributed by atoms with Crippen molar-refractivity contribution in [3.05, 3.63) is 76.3 Å². The zero-order valence-corrected chi connectivity index (χ0v) is 20.3. The Labute approximate surface area is 211 Å². The van der Waals surface area contributed by atoms with Crippen LogP contribution in [0.15, 0.2) is 43.0 Å². The molecule has 0 bridgehead atoms. The summed E-state index contributed by atoms with van der Waals surface area (Å²) in [5.74, 6) is -2.19. The minimum atomic E-state index is -4.19. The van der Waals surface area contributed by atoms with Crippen molar-refractivity contribution in [2.75, 3.05) is 6.61 Å². The fourth-order valence-electron chi connectivity index (χ4n) is 4.27. The molecule has 4 rings (SSSR count). The van der Waals surface area contributed by atoms with Gasteiger partial charge in [0.2, 0.25) is 5.78 Å². The van der Waals surface area contributed by atoms with Crippen molar-refractivity contribution in [2.45, 2.75) is 31.6 Å². The fraction of sp³-hybridized carbons (Fsp3) is 0.364. The standard InChI is InChI=1S/C22H23ClFN5O6S/c23-16-2-1-12(5-17(16)24)9-29-4-3-18(28-29)22(32)15-8-26-11-27-19(15)7-13-6-14(21(31)20(13)30)10-35-36(25,33)34/h1-5,8,11,13-14,20-21,30-31H,6-7,9-10H2,(H2,25,33,34)/t13-,14+,20-,21+/m0/s1. The molecule has 11 nitrogen and oxygen atoms in total. The number of carbonyl (C=O) groups is 1. The third-order valence-corrected chi connectivity index (χ3v) is 6.84. The fourth-order valence-corrected chi connectivity index (χ4v) is 4.75. The summed E-state index contributed by atoms with van der Waals surface area (Å²) in [4.78, 5) is 21.3. The second kappa shape index (κ2) is 10.7. The zero-order valence-electron chi connectivity index (χ0n) is 18.7. The van der Waals surface area contributed by atoms with E-state index in [9.17, 15) is 27.8 Å². The van der Waals surface area contributed by atoms with Crippen molar-refractivity contribution in [3.8, 4) is 0 Å². The highest BCUT2D eigenvalue weighted by Gasteiger charge is 2.42. The highest BCUT2D eigenvalue weighted by Crippen LogP contribution is 2.35. The maximum atomic E-state index is 13.7. The second-order valence-corrected chi connectivity index (χ2v) is 10.2. The number of hydrogen-bond acceptors (Lipinski definition) is 9. The topological polar surface area (TPSA) is 171 Å². The van der Waals surface area contributed by atoms with Gasteiger partial charge in [-0.25, -0.2) is 19.5 Å². The Morgan fingerprint density at radius 2 is 2.00 bits per heavy atom. The summed E-state index contributed by atoms with van der Waals surface area (Å²) in [5.41, 5.74) is 1.24. The number of aliphatic hydroxyl groups excluding tert-OH is 2. The molecule has 192 valence electrons. The van der Waals surface area contributed by atoms with E-state index in [1.165, 1.54) is 35.4 Å². The first-order chi connectivity index (χ1) is 17.0. The smallest absolute Gasteiger partial charge is 0.333 e. The molecule has 1 aliphatic rings. The number of halogens is 2. The monoisotopic (exact) mass is 539 g/mol. The number of nitrogens with zero attached hydrogens (tertiary/aromatic N) is 4. The lowest BCUT2D eigenvalue weighted by Crippen LogP contribution is -2.31. The summed E-state index contributed by atoms with van der Waals surface area (Å²) in [6.45, 7) is -0.161. The molecular formula is C22H23ClFN5O6S. The maximum absolute atomic E-state index is 13.7. The normalized spacial score (nSPS) is 22.1. The molecule has 4 N–H and O–H groups in total. The number of rotatable bonds is 9. The molecule has 0 aliphatic heterocycles. The Morgan fingerprint density at radius 1 is 1.25 bits per heavy atom. The van der Waals surface area contributed by atoms with Crippen molar-refractivity contribution in [2.24, 2.45) is 17.0 Å². The number of aromatic nitrogens is 4. The van der Waals surface area contributed by atoms with Gasteiger partial charge in [0.1, 0.15) is 17.8 Å². The summed E-state index contributed by atoms with van der Waals surface area (Å²) in [7, 11) is -4.19. The average molecular weight is 540 g/mol. The van der Waals surface area contributed by atoms with Gasteiger partial charge in [-0.05, 0) is 42.5 Å². The lowest BCUT2D eigenvalue weighted by molar-refractivity contribution is -0.00334. The van der Waals surface area contributed by atoms with Crippen LogP contribution < -0.4 is 5.14 Å². The average Bonchev–Trinajstić information content (AvgIpc) is 3.40. The van der Waals surface area contributed by atoms with Crippen LogP contribution in [0.1, 0.15) is 33.7 Å².